The average Bonchev–Trinajstić information content (AvgIpc) is 2.91. The quantitative estimate of drug-likeness (QED) is 0.672. The summed E-state index contributed by atoms with van der Waals surface area (Å²) in [6.45, 7) is 1.87. The van der Waals surface area contributed by atoms with Crippen LogP contribution in [0.3, 0.4) is 0 Å². The number of carbonyl (C=O) groups is 2. The Hall–Kier alpha value is -3.35. The number of rotatable bonds is 4. The van der Waals surface area contributed by atoms with Gasteiger partial charge < -0.3 is 20.4 Å². The second kappa shape index (κ2) is 5.94. The van der Waals surface area contributed by atoms with Gasteiger partial charge in [-0.3, -0.25) is 9.59 Å². The molecule has 0 aliphatic rings. The number of nitrogens with zero attached hydrogens (tertiary/aromatic N) is 1. The Morgan fingerprint density at radius 1 is 1.24 bits per heavy atom. The maximum atomic E-state index is 12.1. The number of nitrogens with one attached hydrogen (secondary N) is 1. The first-order chi connectivity index (χ1) is 11.8. The fraction of sp³-hybridized carbons (Fsp3) is 0.167. The molecule has 25 heavy (non-hydrogen) atoms. The van der Waals surface area contributed by atoms with Crippen LogP contribution in [0.1, 0.15) is 33.2 Å². The number of aryl methyl sites for hydroxylation is 2. The number of amides is 1. The summed E-state index contributed by atoms with van der Waals surface area (Å²) in [6.07, 6.45) is 2.20. The summed E-state index contributed by atoms with van der Waals surface area (Å²) in [5, 5.41) is 9.79. The van der Waals surface area contributed by atoms with E-state index in [0.29, 0.717) is 34.2 Å². The lowest BCUT2D eigenvalue weighted by atomic mass is 10.00. The summed E-state index contributed by atoms with van der Waals surface area (Å²) in [6, 6.07) is 6.82. The minimum absolute atomic E-state index is 0.292. The van der Waals surface area contributed by atoms with Gasteiger partial charge in [-0.05, 0) is 35.7 Å². The summed E-state index contributed by atoms with van der Waals surface area (Å²) < 4.78 is 1.80. The van der Waals surface area contributed by atoms with Crippen molar-refractivity contribution in [2.45, 2.75) is 13.3 Å². The molecule has 0 saturated heterocycles. The van der Waals surface area contributed by atoms with Gasteiger partial charge in [0.15, 0.2) is 0 Å². The van der Waals surface area contributed by atoms with Gasteiger partial charge in [0.05, 0.1) is 11.3 Å². The number of aromatic amines is 1. The lowest BCUT2D eigenvalue weighted by Gasteiger charge is -2.10. The minimum Gasteiger partial charge on any atom is -0.477 e. The second-order valence-corrected chi connectivity index (χ2v) is 5.82. The molecule has 7 heteroatoms. The molecule has 0 atom stereocenters. The lowest BCUT2D eigenvalue weighted by Crippen LogP contribution is -2.19. The maximum absolute atomic E-state index is 12.1. The fourth-order valence-electron chi connectivity index (χ4n) is 3.01. The van der Waals surface area contributed by atoms with Crippen molar-refractivity contribution in [3.8, 4) is 11.3 Å². The van der Waals surface area contributed by atoms with Gasteiger partial charge in [0.1, 0.15) is 5.56 Å². The van der Waals surface area contributed by atoms with E-state index < -0.39 is 17.4 Å². The average molecular weight is 339 g/mol. The van der Waals surface area contributed by atoms with Crippen LogP contribution in [0.5, 0.6) is 0 Å². The molecule has 128 valence electrons. The van der Waals surface area contributed by atoms with Crippen molar-refractivity contribution >= 4 is 22.8 Å². The second-order valence-electron chi connectivity index (χ2n) is 5.82. The van der Waals surface area contributed by atoms with E-state index in [4.69, 9.17) is 10.8 Å². The molecule has 3 aromatic rings. The van der Waals surface area contributed by atoms with Crippen LogP contribution in [-0.4, -0.2) is 26.5 Å². The van der Waals surface area contributed by atoms with Crippen LogP contribution in [0.2, 0.25) is 0 Å². The molecule has 2 aromatic heterocycles. The van der Waals surface area contributed by atoms with E-state index in [0.717, 1.165) is 5.52 Å². The largest absolute Gasteiger partial charge is 0.477 e. The zero-order valence-corrected chi connectivity index (χ0v) is 13.8. The van der Waals surface area contributed by atoms with Gasteiger partial charge in [0, 0.05) is 24.1 Å². The van der Waals surface area contributed by atoms with Crippen LogP contribution in [0, 0.1) is 0 Å². The molecule has 4 N–H and O–H groups in total. The molecule has 2 heterocycles. The number of pyridine rings is 1. The first kappa shape index (κ1) is 16.5. The fourth-order valence-corrected chi connectivity index (χ4v) is 3.01. The summed E-state index contributed by atoms with van der Waals surface area (Å²) >= 11 is 0. The van der Waals surface area contributed by atoms with E-state index in [2.05, 4.69) is 4.98 Å². The molecule has 0 aliphatic heterocycles. The molecule has 0 fully saturated rings. The molecule has 3 rings (SSSR count). The number of benzene rings is 1. The van der Waals surface area contributed by atoms with E-state index >= 15 is 0 Å². The van der Waals surface area contributed by atoms with E-state index in [1.165, 1.54) is 6.07 Å². The summed E-state index contributed by atoms with van der Waals surface area (Å²) in [4.78, 5) is 37.5. The molecular formula is C18H17N3O4. The number of fused-ring (bicyclic) bond motifs is 1. The van der Waals surface area contributed by atoms with Gasteiger partial charge in [-0.2, -0.15) is 0 Å². The van der Waals surface area contributed by atoms with Gasteiger partial charge in [0.2, 0.25) is 0 Å². The van der Waals surface area contributed by atoms with Gasteiger partial charge in [-0.15, -0.1) is 0 Å². The number of hydrogen-bond acceptors (Lipinski definition) is 3. The van der Waals surface area contributed by atoms with Gasteiger partial charge in [0.25, 0.3) is 11.5 Å². The highest BCUT2D eigenvalue weighted by Gasteiger charge is 2.16. The third-order valence-corrected chi connectivity index (χ3v) is 4.28. The Balaban J connectivity index is 2.28. The Bertz CT molecular complexity index is 1080. The highest BCUT2D eigenvalue weighted by Crippen LogP contribution is 2.28. The Morgan fingerprint density at radius 2 is 1.96 bits per heavy atom. The maximum Gasteiger partial charge on any atom is 0.341 e. The molecular weight excluding hydrogens is 322 g/mol. The predicted molar refractivity (Wildman–Crippen MR) is 93.8 cm³/mol. The highest BCUT2D eigenvalue weighted by atomic mass is 16.4. The molecule has 1 amide bonds. The van der Waals surface area contributed by atoms with Gasteiger partial charge in [-0.1, -0.05) is 13.0 Å². The first-order valence-electron chi connectivity index (χ1n) is 7.72. The molecule has 0 spiro atoms. The normalized spacial score (nSPS) is 11.0. The number of carbonyl (C=O) groups excluding carboxylic acids is 1. The van der Waals surface area contributed by atoms with Gasteiger partial charge >= 0.3 is 5.97 Å². The topological polar surface area (TPSA) is 118 Å². The molecule has 0 saturated carbocycles. The molecule has 0 bridgehead atoms. The van der Waals surface area contributed by atoms with Crippen molar-refractivity contribution in [3.05, 3.63) is 57.5 Å². The third kappa shape index (κ3) is 2.69. The Labute approximate surface area is 142 Å². The number of aromatic nitrogens is 2. The predicted octanol–water partition coefficient (Wildman–Crippen LogP) is 1.89. The number of aromatic carboxylic acids is 1. The number of carboxylic acids is 1. The molecule has 0 radical (unpaired) electrons. The van der Waals surface area contributed by atoms with Crippen molar-refractivity contribution in [3.63, 3.8) is 0 Å². The molecule has 0 unspecified atom stereocenters. The smallest absolute Gasteiger partial charge is 0.341 e. The zero-order chi connectivity index (χ0) is 18.3. The molecule has 7 nitrogen and oxygen atoms in total. The minimum atomic E-state index is -1.27. The standard InChI is InChI=1S/C18H17N3O4/c1-3-9-6-12(18(24)25)17(23)20-15(9)10-4-5-14-11(7-10)13(16(19)22)8-21(14)2/h4-8H,3H2,1-2H3,(H2,19,22)(H,20,23)(H,24,25). The van der Waals surface area contributed by atoms with Crippen molar-refractivity contribution in [1.29, 1.82) is 0 Å². The number of H-pyrrole nitrogens is 1. The number of primary amides is 1. The monoisotopic (exact) mass is 339 g/mol. The third-order valence-electron chi connectivity index (χ3n) is 4.28. The number of nitrogens with two attached hydrogens (primary N) is 1. The van der Waals surface area contributed by atoms with Crippen molar-refractivity contribution in [2.75, 3.05) is 0 Å². The van der Waals surface area contributed by atoms with Crippen molar-refractivity contribution in [1.82, 2.24) is 9.55 Å². The Kier molecular flexibility index (Phi) is 3.92. The highest BCUT2D eigenvalue weighted by molar-refractivity contribution is 6.07. The summed E-state index contributed by atoms with van der Waals surface area (Å²) in [7, 11) is 1.81. The molecule has 1 aromatic carbocycles. The van der Waals surface area contributed by atoms with E-state index in [-0.39, 0.29) is 5.56 Å². The van der Waals surface area contributed by atoms with Crippen molar-refractivity contribution in [2.24, 2.45) is 12.8 Å². The lowest BCUT2D eigenvalue weighted by molar-refractivity contribution is 0.0694. The van der Waals surface area contributed by atoms with E-state index in [1.807, 2.05) is 26.1 Å². The van der Waals surface area contributed by atoms with Gasteiger partial charge in [-0.25, -0.2) is 4.79 Å². The van der Waals surface area contributed by atoms with Crippen LogP contribution in [-0.2, 0) is 13.5 Å². The zero-order valence-electron chi connectivity index (χ0n) is 13.8. The first-order valence-corrected chi connectivity index (χ1v) is 7.72. The van der Waals surface area contributed by atoms with Crippen LogP contribution >= 0.6 is 0 Å². The SMILES string of the molecule is CCc1cc(C(=O)O)c(=O)[nH]c1-c1ccc2c(c1)c(C(N)=O)cn2C. The Morgan fingerprint density at radius 3 is 2.56 bits per heavy atom. The van der Waals surface area contributed by atoms with Crippen LogP contribution in [0.25, 0.3) is 22.2 Å². The van der Waals surface area contributed by atoms with Crippen LogP contribution in [0.4, 0.5) is 0 Å². The van der Waals surface area contributed by atoms with Crippen LogP contribution in [0.15, 0.2) is 35.3 Å². The van der Waals surface area contributed by atoms with Crippen LogP contribution < -0.4 is 11.3 Å². The number of hydrogen-bond donors (Lipinski definition) is 3. The number of carboxylic acid groups (broad SMARTS) is 1. The van der Waals surface area contributed by atoms with Crippen molar-refractivity contribution < 1.29 is 14.7 Å². The molecule has 0 aliphatic carbocycles. The van der Waals surface area contributed by atoms with E-state index in [9.17, 15) is 14.4 Å². The summed E-state index contributed by atoms with van der Waals surface area (Å²) in [5.41, 5.74) is 7.64. The van der Waals surface area contributed by atoms with E-state index in [1.54, 1.807) is 16.8 Å². The summed E-state index contributed by atoms with van der Waals surface area (Å²) in [5.74, 6) is -1.80.